The fourth-order valence-corrected chi connectivity index (χ4v) is 5.58. The second-order valence-corrected chi connectivity index (χ2v) is 11.5. The number of nitrogens with zero attached hydrogens (tertiary/aromatic N) is 2. The monoisotopic (exact) mass is 595 g/mol. The van der Waals surface area contributed by atoms with Gasteiger partial charge in [-0.15, -0.1) is 0 Å². The molecule has 12 heteroatoms. The first-order chi connectivity index (χ1) is 20.4. The summed E-state index contributed by atoms with van der Waals surface area (Å²) in [5, 5.41) is 16.5. The molecule has 2 aromatic rings. The van der Waals surface area contributed by atoms with Crippen LogP contribution in [0.15, 0.2) is 47.1 Å². The number of allylic oxidation sites excluding steroid dienone is 1. The van der Waals surface area contributed by atoms with Crippen LogP contribution in [0.4, 0.5) is 0 Å². The molecule has 1 aliphatic heterocycles. The minimum Gasteiger partial charge on any atom is -0.480 e. The maximum absolute atomic E-state index is 14.0. The van der Waals surface area contributed by atoms with E-state index in [4.69, 9.17) is 11.5 Å². The third-order valence-electron chi connectivity index (χ3n) is 7.81. The van der Waals surface area contributed by atoms with Crippen molar-refractivity contribution >= 4 is 40.6 Å². The van der Waals surface area contributed by atoms with E-state index in [9.17, 15) is 24.3 Å². The first-order valence-electron chi connectivity index (χ1n) is 14.8. The number of carbonyl (C=O) groups excluding carboxylic acids is 3. The minimum absolute atomic E-state index is 0.0130. The lowest BCUT2D eigenvalue weighted by molar-refractivity contribution is -0.145. The molecule has 1 aliphatic rings. The van der Waals surface area contributed by atoms with Gasteiger partial charge in [-0.05, 0) is 49.3 Å². The topological polar surface area (TPSA) is 196 Å². The lowest BCUT2D eigenvalue weighted by Gasteiger charge is -2.30. The molecule has 3 rings (SSSR count). The summed E-state index contributed by atoms with van der Waals surface area (Å²) in [6.45, 7) is 8.13. The third-order valence-corrected chi connectivity index (χ3v) is 7.81. The molecule has 1 aromatic carbocycles. The number of aliphatic carboxylic acids is 1. The van der Waals surface area contributed by atoms with E-state index in [0.29, 0.717) is 25.8 Å². The Morgan fingerprint density at radius 3 is 2.51 bits per heavy atom. The predicted molar refractivity (Wildman–Crippen MR) is 166 cm³/mol. The van der Waals surface area contributed by atoms with Crippen LogP contribution in [0, 0.1) is 11.8 Å². The van der Waals surface area contributed by atoms with E-state index in [0.717, 1.165) is 22.0 Å². The molecule has 0 saturated carbocycles. The Balaban J connectivity index is 1.82. The normalized spacial score (nSPS) is 18.9. The number of guanidine groups is 1. The van der Waals surface area contributed by atoms with Gasteiger partial charge in [-0.2, -0.15) is 0 Å². The lowest BCUT2D eigenvalue weighted by atomic mass is 9.96. The second-order valence-electron chi connectivity index (χ2n) is 11.5. The maximum Gasteiger partial charge on any atom is 0.326 e. The number of nitrogens with one attached hydrogen (secondary N) is 3. The molecule has 1 fully saturated rings. The van der Waals surface area contributed by atoms with Gasteiger partial charge in [-0.3, -0.25) is 19.4 Å². The highest BCUT2D eigenvalue weighted by Crippen LogP contribution is 2.31. The fraction of sp³-hybridized carbons (Fsp3) is 0.516. The number of aliphatic imine (C=N–C) groups is 1. The van der Waals surface area contributed by atoms with E-state index in [-0.39, 0.29) is 49.0 Å². The number of H-pyrrole nitrogens is 1. The van der Waals surface area contributed by atoms with Crippen LogP contribution in [0.2, 0.25) is 0 Å². The predicted octanol–water partition coefficient (Wildman–Crippen LogP) is 2.05. The zero-order valence-corrected chi connectivity index (χ0v) is 25.4. The van der Waals surface area contributed by atoms with Crippen molar-refractivity contribution in [1.82, 2.24) is 20.5 Å². The van der Waals surface area contributed by atoms with Gasteiger partial charge >= 0.3 is 5.97 Å². The summed E-state index contributed by atoms with van der Waals surface area (Å²) in [5.41, 5.74) is 13.3. The van der Waals surface area contributed by atoms with Gasteiger partial charge in [0, 0.05) is 48.9 Å². The number of aromatic nitrogens is 1. The molecule has 4 atom stereocenters. The van der Waals surface area contributed by atoms with Gasteiger partial charge in [0.1, 0.15) is 18.1 Å². The maximum atomic E-state index is 14.0. The fourth-order valence-electron chi connectivity index (χ4n) is 5.58. The van der Waals surface area contributed by atoms with E-state index < -0.39 is 30.0 Å². The number of likely N-dealkylation sites (tertiary alicyclic amines) is 1. The Hall–Kier alpha value is -4.35. The van der Waals surface area contributed by atoms with E-state index in [1.165, 1.54) is 4.90 Å². The van der Waals surface area contributed by atoms with E-state index >= 15 is 0 Å². The molecule has 0 aliphatic carbocycles. The van der Waals surface area contributed by atoms with Crippen molar-refractivity contribution in [2.45, 2.75) is 77.9 Å². The Labute approximate surface area is 252 Å². The number of hydrogen-bond acceptors (Lipinski definition) is 5. The number of para-hydroxylation sites is 1. The zero-order valence-electron chi connectivity index (χ0n) is 25.4. The van der Waals surface area contributed by atoms with E-state index in [2.05, 4.69) is 20.6 Å². The van der Waals surface area contributed by atoms with Crippen molar-refractivity contribution in [1.29, 1.82) is 0 Å². The highest BCUT2D eigenvalue weighted by Gasteiger charge is 2.44. The molecule has 2 heterocycles. The van der Waals surface area contributed by atoms with Crippen molar-refractivity contribution in [2.75, 3.05) is 13.1 Å². The van der Waals surface area contributed by atoms with Crippen molar-refractivity contribution in [3.8, 4) is 0 Å². The number of nitrogens with two attached hydrogens (primary N) is 2. The molecule has 0 unspecified atom stereocenters. The number of hydrogen-bond donors (Lipinski definition) is 6. The van der Waals surface area contributed by atoms with Gasteiger partial charge < -0.3 is 37.1 Å². The number of aromatic amines is 1. The molecule has 0 bridgehead atoms. The van der Waals surface area contributed by atoms with Crippen LogP contribution in [-0.2, 0) is 25.6 Å². The Morgan fingerprint density at radius 2 is 1.86 bits per heavy atom. The van der Waals surface area contributed by atoms with Crippen LogP contribution in [0.1, 0.15) is 58.9 Å². The number of rotatable bonds is 14. The largest absolute Gasteiger partial charge is 0.480 e. The zero-order chi connectivity index (χ0) is 31.7. The van der Waals surface area contributed by atoms with Crippen molar-refractivity contribution in [3.63, 3.8) is 0 Å². The SMILES string of the molecule is C/C=C1/CN(C(=O)[C@H](CCCCN=C(N)N)NC(=O)CC(C)C)[C@@H](C(=O)N[C@@H](Cc2c[nH]c3ccccc23)C(=O)O)[C@@H]1C. The molecule has 234 valence electrons. The number of unbranched alkanes of at least 4 members (excludes halogenated alkanes) is 1. The number of amides is 3. The first-order valence-corrected chi connectivity index (χ1v) is 14.8. The summed E-state index contributed by atoms with van der Waals surface area (Å²) in [6, 6.07) is 4.54. The smallest absolute Gasteiger partial charge is 0.326 e. The number of benzene rings is 1. The van der Waals surface area contributed by atoms with Crippen LogP contribution in [-0.4, -0.2) is 75.9 Å². The molecule has 0 spiro atoms. The van der Waals surface area contributed by atoms with E-state index in [1.54, 1.807) is 6.20 Å². The van der Waals surface area contributed by atoms with Crippen LogP contribution in [0.25, 0.3) is 10.9 Å². The van der Waals surface area contributed by atoms with Gasteiger partial charge in [-0.1, -0.05) is 45.0 Å². The summed E-state index contributed by atoms with van der Waals surface area (Å²) >= 11 is 0. The molecule has 1 saturated heterocycles. The molecule has 0 radical (unpaired) electrons. The highest BCUT2D eigenvalue weighted by molar-refractivity contribution is 5.95. The molecular formula is C31H45N7O5. The number of carboxylic acids is 1. The van der Waals surface area contributed by atoms with Crippen molar-refractivity contribution < 1.29 is 24.3 Å². The number of fused-ring (bicyclic) bond motifs is 1. The van der Waals surface area contributed by atoms with Gasteiger partial charge in [-0.25, -0.2) is 4.79 Å². The molecule has 43 heavy (non-hydrogen) atoms. The minimum atomic E-state index is -1.21. The second kappa shape index (κ2) is 15.2. The van der Waals surface area contributed by atoms with Gasteiger partial charge in [0.15, 0.2) is 5.96 Å². The summed E-state index contributed by atoms with van der Waals surface area (Å²) in [4.78, 5) is 61.3. The highest BCUT2D eigenvalue weighted by atomic mass is 16.4. The Bertz CT molecular complexity index is 1360. The molecule has 12 nitrogen and oxygen atoms in total. The van der Waals surface area contributed by atoms with Gasteiger partial charge in [0.25, 0.3) is 0 Å². The summed E-state index contributed by atoms with van der Waals surface area (Å²) in [6.07, 6.45) is 5.46. The Morgan fingerprint density at radius 1 is 1.14 bits per heavy atom. The standard InChI is InChI=1S/C31H45N7O5/c1-5-20-17-38(29(41)24(36-26(39)14-18(2)3)12-8-9-13-34-31(32)33)27(19(20)4)28(40)37-25(30(42)43)15-21-16-35-23-11-7-6-10-22(21)23/h5-7,10-11,16,18-19,24-25,27,35H,8-9,12-15,17H2,1-4H3,(H,36,39)(H,37,40)(H,42,43)(H4,32,33,34)/b20-5-/t19-,24+,25+,27-/m1/s1. The average Bonchev–Trinajstić information content (AvgIpc) is 3.51. The molecular weight excluding hydrogens is 550 g/mol. The van der Waals surface area contributed by atoms with Crippen LogP contribution in [0.3, 0.4) is 0 Å². The van der Waals surface area contributed by atoms with E-state index in [1.807, 2.05) is 58.0 Å². The average molecular weight is 596 g/mol. The quantitative estimate of drug-likeness (QED) is 0.0831. The Kier molecular flexibility index (Phi) is 11.7. The third kappa shape index (κ3) is 8.82. The molecule has 1 aromatic heterocycles. The summed E-state index contributed by atoms with van der Waals surface area (Å²) in [7, 11) is 0. The van der Waals surface area contributed by atoms with Crippen LogP contribution in [0.5, 0.6) is 0 Å². The summed E-state index contributed by atoms with van der Waals surface area (Å²) in [5.74, 6) is -2.61. The molecule has 3 amide bonds. The van der Waals surface area contributed by atoms with Crippen molar-refractivity contribution in [2.24, 2.45) is 28.3 Å². The van der Waals surface area contributed by atoms with Crippen LogP contribution >= 0.6 is 0 Å². The first kappa shape index (κ1) is 33.2. The summed E-state index contributed by atoms with van der Waals surface area (Å²) < 4.78 is 0. The number of carboxylic acid groups (broad SMARTS) is 1. The number of carbonyl (C=O) groups is 4. The van der Waals surface area contributed by atoms with Crippen LogP contribution < -0.4 is 22.1 Å². The van der Waals surface area contributed by atoms with Gasteiger partial charge in [0.05, 0.1) is 0 Å². The molecule has 8 N–H and O–H groups in total. The lowest BCUT2D eigenvalue weighted by Crippen LogP contribution is -2.56. The van der Waals surface area contributed by atoms with Crippen molar-refractivity contribution in [3.05, 3.63) is 47.7 Å². The van der Waals surface area contributed by atoms with Gasteiger partial charge in [0.2, 0.25) is 17.7 Å².